The second-order valence-electron chi connectivity index (χ2n) is 5.34. The Hall–Kier alpha value is -1.46. The molecule has 0 amide bonds. The number of carbonyl (C=O) groups is 1. The first-order chi connectivity index (χ1) is 9.56. The van der Waals surface area contributed by atoms with Crippen molar-refractivity contribution in [2.75, 3.05) is 33.4 Å². The number of ether oxygens (including phenoxy) is 1. The summed E-state index contributed by atoms with van der Waals surface area (Å²) in [4.78, 5) is 14.0. The van der Waals surface area contributed by atoms with Crippen LogP contribution in [-0.4, -0.2) is 49.1 Å². The van der Waals surface area contributed by atoms with Crippen molar-refractivity contribution in [3.05, 3.63) is 29.6 Å². The van der Waals surface area contributed by atoms with Crippen LogP contribution in [-0.2, 0) is 4.74 Å². The van der Waals surface area contributed by atoms with Crippen molar-refractivity contribution in [3.63, 3.8) is 0 Å². The molecule has 1 heterocycles. The lowest BCUT2D eigenvalue weighted by Crippen LogP contribution is -2.33. The predicted molar refractivity (Wildman–Crippen MR) is 73.4 cm³/mol. The number of phenolic OH excluding ortho intramolecular Hbond substituents is 1. The Labute approximate surface area is 118 Å². The molecular weight excluding hydrogens is 261 g/mol. The van der Waals surface area contributed by atoms with Gasteiger partial charge in [0.2, 0.25) is 0 Å². The van der Waals surface area contributed by atoms with E-state index in [9.17, 15) is 14.3 Å². The molecule has 0 atom stereocenters. The van der Waals surface area contributed by atoms with E-state index < -0.39 is 5.82 Å². The fourth-order valence-electron chi connectivity index (χ4n) is 2.50. The van der Waals surface area contributed by atoms with Crippen molar-refractivity contribution >= 4 is 5.78 Å². The molecule has 0 unspecified atom stereocenters. The fraction of sp³-hybridized carbons (Fsp3) is 0.533. The maximum atomic E-state index is 13.1. The van der Waals surface area contributed by atoms with Crippen LogP contribution in [0.25, 0.3) is 0 Å². The van der Waals surface area contributed by atoms with Crippen LogP contribution in [0.3, 0.4) is 0 Å². The van der Waals surface area contributed by atoms with E-state index >= 15 is 0 Å². The van der Waals surface area contributed by atoms with Crippen molar-refractivity contribution in [3.8, 4) is 5.75 Å². The standard InChI is InChI=1S/C15H20FNO3/c1-17(9-11-4-6-20-7-5-11)10-15(19)13-8-12(16)2-3-14(13)18/h2-3,8,11,18H,4-7,9-10H2,1H3. The molecule has 20 heavy (non-hydrogen) atoms. The van der Waals surface area contributed by atoms with Gasteiger partial charge in [0.1, 0.15) is 11.6 Å². The summed E-state index contributed by atoms with van der Waals surface area (Å²) in [5, 5.41) is 9.62. The largest absolute Gasteiger partial charge is 0.507 e. The quantitative estimate of drug-likeness (QED) is 0.839. The molecule has 0 aromatic heterocycles. The number of likely N-dealkylation sites (N-methyl/N-ethyl adjacent to an activating group) is 1. The van der Waals surface area contributed by atoms with Crippen LogP contribution in [0.15, 0.2) is 18.2 Å². The average molecular weight is 281 g/mol. The number of hydrogen-bond donors (Lipinski definition) is 1. The molecule has 110 valence electrons. The zero-order chi connectivity index (χ0) is 14.5. The van der Waals surface area contributed by atoms with Gasteiger partial charge in [-0.05, 0) is 44.0 Å². The Kier molecular flexibility index (Phi) is 5.09. The highest BCUT2D eigenvalue weighted by atomic mass is 19.1. The number of Topliss-reactive ketones (excluding diaryl/α,β-unsaturated/α-hetero) is 1. The van der Waals surface area contributed by atoms with Crippen LogP contribution in [0.2, 0.25) is 0 Å². The first-order valence-corrected chi connectivity index (χ1v) is 6.84. The zero-order valence-corrected chi connectivity index (χ0v) is 11.6. The summed E-state index contributed by atoms with van der Waals surface area (Å²) in [6.07, 6.45) is 2.01. The second kappa shape index (κ2) is 6.81. The monoisotopic (exact) mass is 281 g/mol. The Morgan fingerprint density at radius 1 is 1.45 bits per heavy atom. The summed E-state index contributed by atoms with van der Waals surface area (Å²) in [5.74, 6) is -0.423. The number of benzene rings is 1. The van der Waals surface area contributed by atoms with Crippen molar-refractivity contribution in [1.29, 1.82) is 0 Å². The van der Waals surface area contributed by atoms with Crippen molar-refractivity contribution < 1.29 is 19.0 Å². The Balaban J connectivity index is 1.91. The molecule has 1 fully saturated rings. The third-order valence-electron chi connectivity index (χ3n) is 3.58. The van der Waals surface area contributed by atoms with Gasteiger partial charge in [0.15, 0.2) is 5.78 Å². The Morgan fingerprint density at radius 2 is 2.15 bits per heavy atom. The van der Waals surface area contributed by atoms with Crippen LogP contribution < -0.4 is 0 Å². The highest BCUT2D eigenvalue weighted by Crippen LogP contribution is 2.20. The number of aromatic hydroxyl groups is 1. The molecule has 0 saturated carbocycles. The first-order valence-electron chi connectivity index (χ1n) is 6.84. The number of ketones is 1. The van der Waals surface area contributed by atoms with E-state index in [0.29, 0.717) is 5.92 Å². The van der Waals surface area contributed by atoms with Crippen LogP contribution in [0.1, 0.15) is 23.2 Å². The Bertz CT molecular complexity index is 472. The first kappa shape index (κ1) is 14.9. The highest BCUT2D eigenvalue weighted by Gasteiger charge is 2.19. The van der Waals surface area contributed by atoms with Crippen molar-refractivity contribution in [1.82, 2.24) is 4.90 Å². The number of carbonyl (C=O) groups excluding carboxylic acids is 1. The average Bonchev–Trinajstić information content (AvgIpc) is 2.42. The maximum absolute atomic E-state index is 13.1. The molecule has 1 aromatic carbocycles. The topological polar surface area (TPSA) is 49.8 Å². The van der Waals surface area contributed by atoms with Gasteiger partial charge in [-0.25, -0.2) is 4.39 Å². The van der Waals surface area contributed by atoms with E-state index in [-0.39, 0.29) is 23.6 Å². The van der Waals surface area contributed by atoms with Crippen LogP contribution in [0, 0.1) is 11.7 Å². The fourth-order valence-corrected chi connectivity index (χ4v) is 2.50. The molecule has 0 bridgehead atoms. The normalized spacial score (nSPS) is 16.6. The lowest BCUT2D eigenvalue weighted by Gasteiger charge is -2.26. The molecule has 0 aliphatic carbocycles. The summed E-state index contributed by atoms with van der Waals surface area (Å²) >= 11 is 0. The summed E-state index contributed by atoms with van der Waals surface area (Å²) in [7, 11) is 1.86. The van der Waals surface area contributed by atoms with Crippen LogP contribution in [0.5, 0.6) is 5.75 Å². The van der Waals surface area contributed by atoms with Gasteiger partial charge in [0, 0.05) is 19.8 Å². The van der Waals surface area contributed by atoms with Gasteiger partial charge in [-0.3, -0.25) is 9.69 Å². The summed E-state index contributed by atoms with van der Waals surface area (Å²) in [6, 6.07) is 3.43. The van der Waals surface area contributed by atoms with Crippen LogP contribution in [0.4, 0.5) is 4.39 Å². The van der Waals surface area contributed by atoms with Gasteiger partial charge in [0.25, 0.3) is 0 Å². The van der Waals surface area contributed by atoms with Gasteiger partial charge in [0.05, 0.1) is 12.1 Å². The Morgan fingerprint density at radius 3 is 2.85 bits per heavy atom. The van der Waals surface area contributed by atoms with Crippen LogP contribution >= 0.6 is 0 Å². The number of nitrogens with zero attached hydrogens (tertiary/aromatic N) is 1. The molecule has 5 heteroatoms. The molecule has 2 rings (SSSR count). The molecular formula is C15H20FNO3. The minimum absolute atomic E-state index is 0.0452. The number of hydrogen-bond acceptors (Lipinski definition) is 4. The van der Waals surface area contributed by atoms with Gasteiger partial charge >= 0.3 is 0 Å². The van der Waals surface area contributed by atoms with Gasteiger partial charge < -0.3 is 9.84 Å². The van der Waals surface area contributed by atoms with E-state index in [1.54, 1.807) is 0 Å². The second-order valence-corrected chi connectivity index (χ2v) is 5.34. The van der Waals surface area contributed by atoms with E-state index in [2.05, 4.69) is 0 Å². The van der Waals surface area contributed by atoms with Gasteiger partial charge in [-0.2, -0.15) is 0 Å². The van der Waals surface area contributed by atoms with E-state index in [4.69, 9.17) is 4.74 Å². The summed E-state index contributed by atoms with van der Waals surface area (Å²) in [6.45, 7) is 2.54. The number of rotatable bonds is 5. The van der Waals surface area contributed by atoms with Gasteiger partial charge in [-0.15, -0.1) is 0 Å². The highest BCUT2D eigenvalue weighted by molar-refractivity contribution is 5.99. The van der Waals surface area contributed by atoms with Gasteiger partial charge in [-0.1, -0.05) is 0 Å². The van der Waals surface area contributed by atoms with E-state index in [1.165, 1.54) is 6.07 Å². The zero-order valence-electron chi connectivity index (χ0n) is 11.6. The molecule has 1 saturated heterocycles. The molecule has 0 spiro atoms. The molecule has 0 radical (unpaired) electrons. The van der Waals surface area contributed by atoms with Crippen molar-refractivity contribution in [2.45, 2.75) is 12.8 Å². The smallest absolute Gasteiger partial charge is 0.180 e. The number of phenols is 1. The molecule has 1 aliphatic rings. The van der Waals surface area contributed by atoms with E-state index in [1.807, 2.05) is 11.9 Å². The molecule has 4 nitrogen and oxygen atoms in total. The minimum Gasteiger partial charge on any atom is -0.507 e. The van der Waals surface area contributed by atoms with Crippen molar-refractivity contribution in [2.24, 2.45) is 5.92 Å². The SMILES string of the molecule is CN(CC(=O)c1cc(F)ccc1O)CC1CCOCC1. The lowest BCUT2D eigenvalue weighted by atomic mass is 9.99. The minimum atomic E-state index is -0.516. The predicted octanol–water partition coefficient (Wildman–Crippen LogP) is 2.07. The number of halogens is 1. The maximum Gasteiger partial charge on any atom is 0.180 e. The summed E-state index contributed by atoms with van der Waals surface area (Å²) in [5.41, 5.74) is 0.0452. The third kappa shape index (κ3) is 4.02. The molecule has 1 N–H and O–H groups in total. The summed E-state index contributed by atoms with van der Waals surface area (Å²) < 4.78 is 18.4. The third-order valence-corrected chi connectivity index (χ3v) is 3.58. The molecule has 1 aliphatic heterocycles. The van der Waals surface area contributed by atoms with E-state index in [0.717, 1.165) is 44.7 Å². The molecule has 1 aromatic rings. The lowest BCUT2D eigenvalue weighted by molar-refractivity contribution is 0.0549.